The maximum absolute atomic E-state index is 13.4. The molecule has 5 heteroatoms. The van der Waals surface area contributed by atoms with Gasteiger partial charge in [0.1, 0.15) is 11.5 Å². The molecular weight excluding hydrogens is 379 g/mol. The van der Waals surface area contributed by atoms with Gasteiger partial charge < -0.3 is 14.8 Å². The minimum Gasteiger partial charge on any atom is -0.453 e. The van der Waals surface area contributed by atoms with Crippen LogP contribution in [0.25, 0.3) is 0 Å². The molecule has 3 aromatic carbocycles. The first kappa shape index (κ1) is 20.4. The van der Waals surface area contributed by atoms with E-state index in [-0.39, 0.29) is 12.7 Å². The van der Waals surface area contributed by atoms with E-state index in [0.29, 0.717) is 17.9 Å². The molecule has 1 heterocycles. The second-order valence-corrected chi connectivity index (χ2v) is 7.32. The van der Waals surface area contributed by atoms with Crippen molar-refractivity contribution in [3.63, 3.8) is 0 Å². The number of rotatable bonds is 8. The number of nitrogens with zero attached hydrogens (tertiary/aromatic N) is 1. The van der Waals surface area contributed by atoms with Crippen LogP contribution in [0.1, 0.15) is 18.0 Å². The SMILES string of the molecule is FCC[C@H](c1ccc(Oc2ccccc2)c(Oc2ccccc2)c1)N1CCNCC1. The Bertz CT molecular complexity index is 915. The van der Waals surface area contributed by atoms with Gasteiger partial charge in [-0.2, -0.15) is 0 Å². The average Bonchev–Trinajstić information content (AvgIpc) is 2.81. The molecule has 0 spiro atoms. The van der Waals surface area contributed by atoms with Crippen LogP contribution in [0.5, 0.6) is 23.0 Å². The molecular formula is C25H27FN2O2. The van der Waals surface area contributed by atoms with Crippen LogP contribution in [-0.2, 0) is 0 Å². The maximum Gasteiger partial charge on any atom is 0.170 e. The quantitative estimate of drug-likeness (QED) is 0.530. The monoisotopic (exact) mass is 406 g/mol. The molecule has 0 aromatic heterocycles. The van der Waals surface area contributed by atoms with Crippen molar-refractivity contribution in [1.29, 1.82) is 0 Å². The zero-order valence-corrected chi connectivity index (χ0v) is 17.0. The maximum atomic E-state index is 13.4. The average molecular weight is 407 g/mol. The highest BCUT2D eigenvalue weighted by molar-refractivity contribution is 5.48. The summed E-state index contributed by atoms with van der Waals surface area (Å²) < 4.78 is 25.7. The van der Waals surface area contributed by atoms with Crippen molar-refractivity contribution >= 4 is 0 Å². The largest absolute Gasteiger partial charge is 0.453 e. The van der Waals surface area contributed by atoms with Crippen LogP contribution in [0.15, 0.2) is 78.9 Å². The number of benzene rings is 3. The lowest BCUT2D eigenvalue weighted by atomic mass is 10.0. The van der Waals surface area contributed by atoms with Crippen molar-refractivity contribution in [3.05, 3.63) is 84.4 Å². The van der Waals surface area contributed by atoms with E-state index in [1.54, 1.807) is 0 Å². The molecule has 1 saturated heterocycles. The lowest BCUT2D eigenvalue weighted by Crippen LogP contribution is -2.45. The van der Waals surface area contributed by atoms with Gasteiger partial charge in [-0.25, -0.2) is 0 Å². The van der Waals surface area contributed by atoms with E-state index in [4.69, 9.17) is 9.47 Å². The Morgan fingerprint density at radius 1 is 0.800 bits per heavy atom. The van der Waals surface area contributed by atoms with E-state index in [0.717, 1.165) is 43.2 Å². The fourth-order valence-corrected chi connectivity index (χ4v) is 3.78. The van der Waals surface area contributed by atoms with Crippen molar-refractivity contribution in [2.45, 2.75) is 12.5 Å². The predicted octanol–water partition coefficient (Wildman–Crippen LogP) is 5.58. The third-order valence-corrected chi connectivity index (χ3v) is 5.27. The summed E-state index contributed by atoms with van der Waals surface area (Å²) in [7, 11) is 0. The van der Waals surface area contributed by atoms with Gasteiger partial charge in [-0.1, -0.05) is 42.5 Å². The number of hydrogen-bond donors (Lipinski definition) is 1. The van der Waals surface area contributed by atoms with Crippen LogP contribution in [-0.4, -0.2) is 37.8 Å². The van der Waals surface area contributed by atoms with Gasteiger partial charge in [-0.15, -0.1) is 0 Å². The highest BCUT2D eigenvalue weighted by atomic mass is 19.1. The van der Waals surface area contributed by atoms with Gasteiger partial charge in [0.15, 0.2) is 11.5 Å². The summed E-state index contributed by atoms with van der Waals surface area (Å²) in [5.41, 5.74) is 1.04. The highest BCUT2D eigenvalue weighted by Gasteiger charge is 2.23. The highest BCUT2D eigenvalue weighted by Crippen LogP contribution is 2.38. The van der Waals surface area contributed by atoms with Crippen LogP contribution in [0.4, 0.5) is 4.39 Å². The van der Waals surface area contributed by atoms with Crippen LogP contribution in [0, 0.1) is 0 Å². The Hall–Kier alpha value is -2.89. The van der Waals surface area contributed by atoms with Crippen LogP contribution in [0.2, 0.25) is 0 Å². The molecule has 1 fully saturated rings. The topological polar surface area (TPSA) is 33.7 Å². The molecule has 1 aliphatic rings. The molecule has 0 bridgehead atoms. The second-order valence-electron chi connectivity index (χ2n) is 7.32. The minimum absolute atomic E-state index is 0.0148. The smallest absolute Gasteiger partial charge is 0.170 e. The third kappa shape index (κ3) is 5.17. The normalized spacial score (nSPS) is 15.5. The van der Waals surface area contributed by atoms with Gasteiger partial charge in [0.2, 0.25) is 0 Å². The summed E-state index contributed by atoms with van der Waals surface area (Å²) in [6, 6.07) is 25.2. The van der Waals surface area contributed by atoms with Gasteiger partial charge >= 0.3 is 0 Å². The van der Waals surface area contributed by atoms with E-state index in [1.165, 1.54) is 0 Å². The van der Waals surface area contributed by atoms with Crippen molar-refractivity contribution in [3.8, 4) is 23.0 Å². The van der Waals surface area contributed by atoms with Crippen molar-refractivity contribution in [2.24, 2.45) is 0 Å². The van der Waals surface area contributed by atoms with E-state index < -0.39 is 0 Å². The zero-order valence-electron chi connectivity index (χ0n) is 17.0. The van der Waals surface area contributed by atoms with Gasteiger partial charge in [0.05, 0.1) is 6.67 Å². The molecule has 1 N–H and O–H groups in total. The van der Waals surface area contributed by atoms with Crippen LogP contribution >= 0.6 is 0 Å². The number of hydrogen-bond acceptors (Lipinski definition) is 4. The van der Waals surface area contributed by atoms with Gasteiger partial charge in [-0.05, 0) is 48.4 Å². The Kier molecular flexibility index (Phi) is 6.95. The molecule has 4 nitrogen and oxygen atoms in total. The van der Waals surface area contributed by atoms with Crippen LogP contribution < -0.4 is 14.8 Å². The summed E-state index contributed by atoms with van der Waals surface area (Å²) in [4.78, 5) is 2.34. The van der Waals surface area contributed by atoms with E-state index in [9.17, 15) is 4.39 Å². The predicted molar refractivity (Wildman–Crippen MR) is 117 cm³/mol. The molecule has 4 rings (SSSR count). The fraction of sp³-hybridized carbons (Fsp3) is 0.280. The second kappa shape index (κ2) is 10.2. The molecule has 1 atom stereocenters. The number of ether oxygens (including phenoxy) is 2. The van der Waals surface area contributed by atoms with E-state index in [1.807, 2.05) is 78.9 Å². The van der Waals surface area contributed by atoms with Gasteiger partial charge in [0, 0.05) is 32.2 Å². The first-order valence-electron chi connectivity index (χ1n) is 10.4. The number of halogens is 1. The molecule has 0 amide bonds. The molecule has 0 saturated carbocycles. The molecule has 30 heavy (non-hydrogen) atoms. The summed E-state index contributed by atoms with van der Waals surface area (Å²) in [5, 5.41) is 3.36. The number of alkyl halides is 1. The summed E-state index contributed by atoms with van der Waals surface area (Å²) >= 11 is 0. The summed E-state index contributed by atoms with van der Waals surface area (Å²) in [5.74, 6) is 2.73. The lowest BCUT2D eigenvalue weighted by molar-refractivity contribution is 0.157. The van der Waals surface area contributed by atoms with E-state index in [2.05, 4.69) is 10.2 Å². The zero-order chi connectivity index (χ0) is 20.6. The molecule has 156 valence electrons. The minimum atomic E-state index is -0.355. The first-order valence-corrected chi connectivity index (χ1v) is 10.4. The Morgan fingerprint density at radius 2 is 1.40 bits per heavy atom. The Morgan fingerprint density at radius 3 is 2.00 bits per heavy atom. The first-order chi connectivity index (χ1) is 14.8. The molecule has 3 aromatic rings. The fourth-order valence-electron chi connectivity index (χ4n) is 3.78. The molecule has 0 unspecified atom stereocenters. The third-order valence-electron chi connectivity index (χ3n) is 5.27. The molecule has 1 aliphatic heterocycles. The lowest BCUT2D eigenvalue weighted by Gasteiger charge is -2.35. The van der Waals surface area contributed by atoms with E-state index >= 15 is 0 Å². The number of para-hydroxylation sites is 2. The standard InChI is InChI=1S/C25H27FN2O2/c26-14-13-23(28-17-15-27-16-18-28)20-11-12-24(29-21-7-3-1-4-8-21)25(19-20)30-22-9-5-2-6-10-22/h1-12,19,23,27H,13-18H2/t23-/m1/s1. The van der Waals surface area contributed by atoms with Crippen molar-refractivity contribution < 1.29 is 13.9 Å². The van der Waals surface area contributed by atoms with Crippen LogP contribution in [0.3, 0.4) is 0 Å². The molecule has 0 aliphatic carbocycles. The van der Waals surface area contributed by atoms with Crippen molar-refractivity contribution in [2.75, 3.05) is 32.9 Å². The van der Waals surface area contributed by atoms with Crippen molar-refractivity contribution in [1.82, 2.24) is 10.2 Å². The molecule has 0 radical (unpaired) electrons. The Balaban J connectivity index is 1.66. The Labute approximate surface area is 177 Å². The van der Waals surface area contributed by atoms with Gasteiger partial charge in [-0.3, -0.25) is 9.29 Å². The summed E-state index contributed by atoms with van der Waals surface area (Å²) in [6.45, 7) is 3.30. The van der Waals surface area contributed by atoms with Gasteiger partial charge in [0.25, 0.3) is 0 Å². The summed E-state index contributed by atoms with van der Waals surface area (Å²) in [6.07, 6.45) is 0.462. The number of nitrogens with one attached hydrogen (secondary N) is 1. The number of piperazine rings is 1.